The molecule has 2 unspecified atom stereocenters. The van der Waals surface area contributed by atoms with Crippen molar-refractivity contribution in [2.24, 2.45) is 0 Å². The summed E-state index contributed by atoms with van der Waals surface area (Å²) >= 11 is 0. The van der Waals surface area contributed by atoms with Crippen molar-refractivity contribution in [2.45, 2.75) is 12.2 Å². The van der Waals surface area contributed by atoms with E-state index in [0.717, 1.165) is 5.56 Å². The molecule has 0 fully saturated rings. The molecule has 24 heavy (non-hydrogen) atoms. The van der Waals surface area contributed by atoms with Crippen LogP contribution in [0.4, 0.5) is 16.2 Å². The molecule has 0 saturated heterocycles. The highest BCUT2D eigenvalue weighted by Gasteiger charge is 2.23. The Morgan fingerprint density at radius 3 is 2.21 bits per heavy atom. The van der Waals surface area contributed by atoms with Crippen molar-refractivity contribution in [3.8, 4) is 0 Å². The molecule has 0 spiro atoms. The SMILES string of the molecule is Cc1ccccc1NC(=O)Nc1ccc(C(C(=O)O)S(C)=O)cc1. The van der Waals surface area contributed by atoms with Gasteiger partial charge in [-0.15, -0.1) is 0 Å². The largest absolute Gasteiger partial charge is 0.480 e. The van der Waals surface area contributed by atoms with E-state index in [1.54, 1.807) is 30.3 Å². The average Bonchev–Trinajstić information content (AvgIpc) is 2.51. The van der Waals surface area contributed by atoms with E-state index in [0.29, 0.717) is 16.9 Å². The Morgan fingerprint density at radius 1 is 1.04 bits per heavy atom. The first-order valence-corrected chi connectivity index (χ1v) is 8.79. The van der Waals surface area contributed by atoms with Crippen LogP contribution >= 0.6 is 0 Å². The van der Waals surface area contributed by atoms with Gasteiger partial charge >= 0.3 is 12.0 Å². The lowest BCUT2D eigenvalue weighted by Gasteiger charge is -2.12. The summed E-state index contributed by atoms with van der Waals surface area (Å²) in [6, 6.07) is 13.2. The van der Waals surface area contributed by atoms with Crippen molar-refractivity contribution < 1.29 is 18.9 Å². The first kappa shape index (κ1) is 17.7. The van der Waals surface area contributed by atoms with E-state index in [1.807, 2.05) is 25.1 Å². The number of carboxylic acid groups (broad SMARTS) is 1. The summed E-state index contributed by atoms with van der Waals surface area (Å²) in [7, 11) is -1.53. The third-order valence-corrected chi connectivity index (χ3v) is 4.56. The molecule has 0 radical (unpaired) electrons. The third kappa shape index (κ3) is 4.42. The number of rotatable bonds is 5. The predicted octanol–water partition coefficient (Wildman–Crippen LogP) is 3.14. The number of aliphatic carboxylic acids is 1. The molecule has 0 aliphatic heterocycles. The lowest BCUT2D eigenvalue weighted by Crippen LogP contribution is -2.20. The number of anilines is 2. The Hall–Kier alpha value is -2.67. The van der Waals surface area contributed by atoms with Crippen molar-refractivity contribution in [3.63, 3.8) is 0 Å². The molecule has 0 bridgehead atoms. The molecule has 0 aliphatic carbocycles. The molecule has 2 rings (SSSR count). The van der Waals surface area contributed by atoms with Gasteiger partial charge in [-0.2, -0.15) is 0 Å². The molecular formula is C17H18N2O4S. The van der Waals surface area contributed by atoms with Crippen LogP contribution in [0.1, 0.15) is 16.4 Å². The molecule has 0 aromatic heterocycles. The van der Waals surface area contributed by atoms with Gasteiger partial charge in [0.15, 0.2) is 5.25 Å². The second-order valence-electron chi connectivity index (χ2n) is 5.23. The second-order valence-corrected chi connectivity index (χ2v) is 6.70. The third-order valence-electron chi connectivity index (χ3n) is 3.42. The first-order valence-electron chi connectivity index (χ1n) is 7.17. The Morgan fingerprint density at radius 2 is 1.67 bits per heavy atom. The van der Waals surface area contributed by atoms with Crippen LogP contribution in [0.25, 0.3) is 0 Å². The van der Waals surface area contributed by atoms with E-state index in [-0.39, 0.29) is 0 Å². The highest BCUT2D eigenvalue weighted by Crippen LogP contribution is 2.21. The van der Waals surface area contributed by atoms with Crippen LogP contribution in [-0.2, 0) is 15.6 Å². The number of hydrogen-bond acceptors (Lipinski definition) is 3. The molecule has 2 amide bonds. The van der Waals surface area contributed by atoms with Crippen molar-refractivity contribution in [1.82, 2.24) is 0 Å². The van der Waals surface area contributed by atoms with Crippen molar-refractivity contribution in [1.29, 1.82) is 0 Å². The maximum absolute atomic E-state index is 12.0. The van der Waals surface area contributed by atoms with Crippen LogP contribution in [0, 0.1) is 6.92 Å². The van der Waals surface area contributed by atoms with Gasteiger partial charge in [-0.3, -0.25) is 9.00 Å². The summed E-state index contributed by atoms with van der Waals surface area (Å²) < 4.78 is 11.5. The molecule has 0 heterocycles. The fourth-order valence-corrected chi connectivity index (χ4v) is 3.04. The van der Waals surface area contributed by atoms with Crippen molar-refractivity contribution >= 4 is 34.2 Å². The zero-order valence-corrected chi connectivity index (χ0v) is 14.1. The minimum atomic E-state index is -1.53. The number of hydrogen-bond donors (Lipinski definition) is 3. The van der Waals surface area contributed by atoms with Crippen molar-refractivity contribution in [2.75, 3.05) is 16.9 Å². The minimum Gasteiger partial charge on any atom is -0.480 e. The molecule has 2 aromatic rings. The van der Waals surface area contributed by atoms with Crippen LogP contribution in [0.2, 0.25) is 0 Å². The highest BCUT2D eigenvalue weighted by atomic mass is 32.2. The second kappa shape index (κ2) is 7.74. The van der Waals surface area contributed by atoms with Crippen LogP contribution in [0.15, 0.2) is 48.5 Å². The Labute approximate surface area is 142 Å². The number of amides is 2. The number of aryl methyl sites for hydroxylation is 1. The Kier molecular flexibility index (Phi) is 5.70. The van der Waals surface area contributed by atoms with Gasteiger partial charge in [0.1, 0.15) is 0 Å². The molecule has 0 aliphatic rings. The number of carboxylic acids is 1. The zero-order valence-electron chi connectivity index (χ0n) is 13.3. The predicted molar refractivity (Wildman–Crippen MR) is 94.7 cm³/mol. The maximum Gasteiger partial charge on any atom is 0.323 e. The van der Waals surface area contributed by atoms with Gasteiger partial charge in [0.25, 0.3) is 0 Å². The summed E-state index contributed by atoms with van der Waals surface area (Å²) in [5, 5.41) is 13.5. The monoisotopic (exact) mass is 346 g/mol. The molecule has 2 aromatic carbocycles. The quantitative estimate of drug-likeness (QED) is 0.775. The normalized spacial score (nSPS) is 12.9. The molecule has 3 N–H and O–H groups in total. The lowest BCUT2D eigenvalue weighted by molar-refractivity contribution is -0.136. The zero-order chi connectivity index (χ0) is 17.7. The van der Waals surface area contributed by atoms with Crippen LogP contribution in [0.5, 0.6) is 0 Å². The summed E-state index contributed by atoms with van der Waals surface area (Å²) in [5.74, 6) is -1.14. The summed E-state index contributed by atoms with van der Waals surface area (Å²) in [6.07, 6.45) is 1.35. The summed E-state index contributed by atoms with van der Waals surface area (Å²) in [6.45, 7) is 1.89. The van der Waals surface area contributed by atoms with Gasteiger partial charge in [-0.05, 0) is 36.2 Å². The van der Waals surface area contributed by atoms with Crippen molar-refractivity contribution in [3.05, 3.63) is 59.7 Å². The van der Waals surface area contributed by atoms with Gasteiger partial charge in [0.2, 0.25) is 0 Å². The number of nitrogens with one attached hydrogen (secondary N) is 2. The lowest BCUT2D eigenvalue weighted by atomic mass is 10.1. The smallest absolute Gasteiger partial charge is 0.323 e. The topological polar surface area (TPSA) is 95.5 Å². The first-order chi connectivity index (χ1) is 11.4. The van der Waals surface area contributed by atoms with Crippen LogP contribution < -0.4 is 10.6 Å². The van der Waals surface area contributed by atoms with Gasteiger partial charge < -0.3 is 15.7 Å². The molecule has 126 valence electrons. The standard InChI is InChI=1S/C17H18N2O4S/c1-11-5-3-4-6-14(11)19-17(22)18-13-9-7-12(8-10-13)15(16(20)21)24(2)23/h3-10,15H,1-2H3,(H,20,21)(H2,18,19,22). The maximum atomic E-state index is 12.0. The Bertz CT molecular complexity index is 760. The van der Waals surface area contributed by atoms with E-state index in [9.17, 15) is 13.8 Å². The van der Waals surface area contributed by atoms with E-state index in [4.69, 9.17) is 5.11 Å². The number of carbonyl (C=O) groups excluding carboxylic acids is 1. The number of carbonyl (C=O) groups is 2. The van der Waals surface area contributed by atoms with Gasteiger partial charge in [0, 0.05) is 28.4 Å². The van der Waals surface area contributed by atoms with Crippen LogP contribution in [0.3, 0.4) is 0 Å². The number of benzene rings is 2. The summed E-state index contributed by atoms with van der Waals surface area (Å²) in [5.41, 5.74) is 2.58. The summed E-state index contributed by atoms with van der Waals surface area (Å²) in [4.78, 5) is 23.2. The molecule has 0 saturated carbocycles. The molecule has 2 atom stereocenters. The van der Waals surface area contributed by atoms with E-state index in [2.05, 4.69) is 10.6 Å². The Balaban J connectivity index is 2.06. The van der Waals surface area contributed by atoms with Crippen LogP contribution in [-0.4, -0.2) is 27.6 Å². The van der Waals surface area contributed by atoms with Gasteiger partial charge in [-0.25, -0.2) is 4.79 Å². The van der Waals surface area contributed by atoms with Gasteiger partial charge in [-0.1, -0.05) is 30.3 Å². The van der Waals surface area contributed by atoms with E-state index < -0.39 is 28.0 Å². The highest BCUT2D eigenvalue weighted by molar-refractivity contribution is 7.85. The average molecular weight is 346 g/mol. The molecular weight excluding hydrogens is 328 g/mol. The van der Waals surface area contributed by atoms with Gasteiger partial charge in [0.05, 0.1) is 0 Å². The fraction of sp³-hybridized carbons (Fsp3) is 0.176. The molecule has 7 heteroatoms. The van der Waals surface area contributed by atoms with E-state index in [1.165, 1.54) is 6.26 Å². The van der Waals surface area contributed by atoms with E-state index >= 15 is 0 Å². The number of urea groups is 1. The minimum absolute atomic E-state index is 0.397. The fourth-order valence-electron chi connectivity index (χ4n) is 2.22. The molecule has 6 nitrogen and oxygen atoms in total. The number of para-hydroxylation sites is 1.